The molecule has 2 aromatic rings. The first-order valence-electron chi connectivity index (χ1n) is 4.86. The number of carbonyl (C=O) groups excluding carboxylic acids is 1. The Balaban J connectivity index is 2.77. The first-order valence-corrected chi connectivity index (χ1v) is 6.85. The SMILES string of the molecule is Cc1ccc(O)c(Br)c1-c1nc(Cl)sc1C(N)=O. The number of hydrogen-bond acceptors (Lipinski definition) is 4. The number of amides is 1. The van der Waals surface area contributed by atoms with Gasteiger partial charge in [-0.25, -0.2) is 4.98 Å². The standard InChI is InChI=1S/C11H8BrClN2O2S/c1-4-2-3-5(16)7(12)6(4)8-9(10(14)17)18-11(13)15-8/h2-3,16H,1H3,(H2,14,17). The molecule has 0 radical (unpaired) electrons. The van der Waals surface area contributed by atoms with Crippen molar-refractivity contribution in [1.29, 1.82) is 0 Å². The van der Waals surface area contributed by atoms with Gasteiger partial charge < -0.3 is 10.8 Å². The van der Waals surface area contributed by atoms with Crippen molar-refractivity contribution in [3.8, 4) is 17.0 Å². The van der Waals surface area contributed by atoms with Crippen LogP contribution in [0.25, 0.3) is 11.3 Å². The van der Waals surface area contributed by atoms with Crippen molar-refractivity contribution < 1.29 is 9.90 Å². The quantitative estimate of drug-likeness (QED) is 0.874. The average molecular weight is 348 g/mol. The van der Waals surface area contributed by atoms with E-state index in [4.69, 9.17) is 17.3 Å². The number of hydrogen-bond donors (Lipinski definition) is 2. The minimum Gasteiger partial charge on any atom is -0.507 e. The van der Waals surface area contributed by atoms with Crippen LogP contribution in [0.4, 0.5) is 0 Å². The Morgan fingerprint density at radius 1 is 1.56 bits per heavy atom. The van der Waals surface area contributed by atoms with Crippen LogP contribution in [0.1, 0.15) is 15.2 Å². The Morgan fingerprint density at radius 2 is 2.22 bits per heavy atom. The van der Waals surface area contributed by atoms with Crippen molar-refractivity contribution in [1.82, 2.24) is 4.98 Å². The van der Waals surface area contributed by atoms with E-state index in [-0.39, 0.29) is 15.1 Å². The fourth-order valence-electron chi connectivity index (χ4n) is 1.58. The summed E-state index contributed by atoms with van der Waals surface area (Å²) in [5.41, 5.74) is 7.15. The molecule has 0 saturated heterocycles. The van der Waals surface area contributed by atoms with E-state index in [0.29, 0.717) is 15.7 Å². The molecular formula is C11H8BrClN2O2S. The van der Waals surface area contributed by atoms with Gasteiger partial charge in [-0.15, -0.1) is 0 Å². The molecule has 0 saturated carbocycles. The van der Waals surface area contributed by atoms with Gasteiger partial charge in [0, 0.05) is 5.56 Å². The van der Waals surface area contributed by atoms with Gasteiger partial charge in [0.25, 0.3) is 5.91 Å². The summed E-state index contributed by atoms with van der Waals surface area (Å²) in [7, 11) is 0. The lowest BCUT2D eigenvalue weighted by molar-refractivity contribution is 0.100. The molecule has 0 aliphatic rings. The van der Waals surface area contributed by atoms with Gasteiger partial charge in [0.1, 0.15) is 10.6 Å². The summed E-state index contributed by atoms with van der Waals surface area (Å²) in [5.74, 6) is -0.529. The van der Waals surface area contributed by atoms with E-state index in [1.807, 2.05) is 6.92 Å². The van der Waals surface area contributed by atoms with Crippen molar-refractivity contribution in [2.75, 3.05) is 0 Å². The van der Waals surface area contributed by atoms with E-state index < -0.39 is 5.91 Å². The minimum atomic E-state index is -0.593. The molecule has 94 valence electrons. The summed E-state index contributed by atoms with van der Waals surface area (Å²) < 4.78 is 0.695. The lowest BCUT2D eigenvalue weighted by Crippen LogP contribution is -2.10. The number of phenols is 1. The molecule has 0 bridgehead atoms. The van der Waals surface area contributed by atoms with Gasteiger partial charge in [-0.05, 0) is 34.5 Å². The van der Waals surface area contributed by atoms with Crippen molar-refractivity contribution in [2.45, 2.75) is 6.92 Å². The summed E-state index contributed by atoms with van der Waals surface area (Å²) in [4.78, 5) is 15.8. The van der Waals surface area contributed by atoms with Crippen molar-refractivity contribution in [3.63, 3.8) is 0 Å². The molecule has 0 spiro atoms. The smallest absolute Gasteiger partial charge is 0.261 e. The number of primary amides is 1. The molecule has 1 heterocycles. The van der Waals surface area contributed by atoms with E-state index in [1.165, 1.54) is 0 Å². The van der Waals surface area contributed by atoms with Gasteiger partial charge in [0.2, 0.25) is 0 Å². The van der Waals surface area contributed by atoms with Crippen molar-refractivity contribution in [2.24, 2.45) is 5.73 Å². The molecule has 0 aliphatic heterocycles. The molecule has 0 atom stereocenters. The second kappa shape index (κ2) is 4.87. The van der Waals surface area contributed by atoms with Gasteiger partial charge in [0.05, 0.1) is 10.2 Å². The predicted molar refractivity (Wildman–Crippen MR) is 75.2 cm³/mol. The molecule has 0 fully saturated rings. The zero-order valence-corrected chi connectivity index (χ0v) is 12.4. The van der Waals surface area contributed by atoms with E-state index >= 15 is 0 Å². The van der Waals surface area contributed by atoms with Crippen LogP contribution in [0.15, 0.2) is 16.6 Å². The zero-order valence-electron chi connectivity index (χ0n) is 9.20. The maximum atomic E-state index is 11.4. The highest BCUT2D eigenvalue weighted by Crippen LogP contribution is 2.40. The second-order valence-corrected chi connectivity index (χ2v) is 5.97. The summed E-state index contributed by atoms with van der Waals surface area (Å²) in [6.07, 6.45) is 0. The topological polar surface area (TPSA) is 76.2 Å². The molecule has 1 amide bonds. The van der Waals surface area contributed by atoms with Gasteiger partial charge in [-0.2, -0.15) is 0 Å². The monoisotopic (exact) mass is 346 g/mol. The first kappa shape index (κ1) is 13.3. The number of carbonyl (C=O) groups is 1. The van der Waals surface area contributed by atoms with Crippen LogP contribution in [0.2, 0.25) is 4.47 Å². The van der Waals surface area contributed by atoms with Crippen LogP contribution in [0.5, 0.6) is 5.75 Å². The van der Waals surface area contributed by atoms with Crippen LogP contribution in [-0.4, -0.2) is 16.0 Å². The molecule has 3 N–H and O–H groups in total. The largest absolute Gasteiger partial charge is 0.507 e. The predicted octanol–water partition coefficient (Wildman–Crippen LogP) is 3.34. The molecule has 7 heteroatoms. The lowest BCUT2D eigenvalue weighted by Gasteiger charge is -2.08. The summed E-state index contributed by atoms with van der Waals surface area (Å²) in [5, 5.41) is 9.70. The third kappa shape index (κ3) is 2.23. The Morgan fingerprint density at radius 3 is 2.83 bits per heavy atom. The van der Waals surface area contributed by atoms with Crippen LogP contribution in [-0.2, 0) is 0 Å². The highest BCUT2D eigenvalue weighted by molar-refractivity contribution is 9.10. The number of benzene rings is 1. The lowest BCUT2D eigenvalue weighted by atomic mass is 10.0. The summed E-state index contributed by atoms with van der Waals surface area (Å²) in [6.45, 7) is 1.84. The van der Waals surface area contributed by atoms with Gasteiger partial charge in [-0.3, -0.25) is 4.79 Å². The third-order valence-corrected chi connectivity index (χ3v) is 4.37. The van der Waals surface area contributed by atoms with E-state index in [9.17, 15) is 9.90 Å². The number of halogens is 2. The molecular weight excluding hydrogens is 340 g/mol. The number of rotatable bonds is 2. The molecule has 2 rings (SSSR count). The van der Waals surface area contributed by atoms with Gasteiger partial charge in [0.15, 0.2) is 4.47 Å². The fraction of sp³-hybridized carbons (Fsp3) is 0.0909. The first-order chi connectivity index (χ1) is 8.41. The Labute approximate surface area is 121 Å². The summed E-state index contributed by atoms with van der Waals surface area (Å²) >= 11 is 10.1. The fourth-order valence-corrected chi connectivity index (χ4v) is 3.18. The maximum Gasteiger partial charge on any atom is 0.261 e. The van der Waals surface area contributed by atoms with E-state index in [1.54, 1.807) is 12.1 Å². The second-order valence-electron chi connectivity index (χ2n) is 3.60. The Hall–Kier alpha value is -1.11. The number of aromatic hydroxyl groups is 1. The van der Waals surface area contributed by atoms with Gasteiger partial charge >= 0.3 is 0 Å². The Bertz CT molecular complexity index is 642. The number of nitrogens with two attached hydrogens (primary N) is 1. The molecule has 0 aliphatic carbocycles. The van der Waals surface area contributed by atoms with Crippen molar-refractivity contribution in [3.05, 3.63) is 31.5 Å². The maximum absolute atomic E-state index is 11.4. The highest BCUT2D eigenvalue weighted by Gasteiger charge is 2.21. The number of aromatic nitrogens is 1. The molecule has 0 unspecified atom stereocenters. The molecule has 4 nitrogen and oxygen atoms in total. The molecule has 18 heavy (non-hydrogen) atoms. The van der Waals surface area contributed by atoms with Crippen molar-refractivity contribution >= 4 is 44.8 Å². The number of aryl methyl sites for hydroxylation is 1. The van der Waals surface area contributed by atoms with Crippen LogP contribution < -0.4 is 5.73 Å². The van der Waals surface area contributed by atoms with Gasteiger partial charge in [-0.1, -0.05) is 29.0 Å². The summed E-state index contributed by atoms with van der Waals surface area (Å²) in [6, 6.07) is 3.29. The van der Waals surface area contributed by atoms with E-state index in [2.05, 4.69) is 20.9 Å². The minimum absolute atomic E-state index is 0.0649. The van der Waals surface area contributed by atoms with E-state index in [0.717, 1.165) is 16.9 Å². The highest BCUT2D eigenvalue weighted by atomic mass is 79.9. The zero-order chi connectivity index (χ0) is 13.4. The normalized spacial score (nSPS) is 10.6. The van der Waals surface area contributed by atoms with Crippen LogP contribution >= 0.6 is 38.9 Å². The number of nitrogens with zero attached hydrogens (tertiary/aromatic N) is 1. The van der Waals surface area contributed by atoms with Crippen LogP contribution in [0.3, 0.4) is 0 Å². The average Bonchev–Trinajstić information content (AvgIpc) is 2.67. The third-order valence-electron chi connectivity index (χ3n) is 2.39. The number of phenolic OH excluding ortho intramolecular Hbond substituents is 1. The van der Waals surface area contributed by atoms with Crippen LogP contribution in [0, 0.1) is 6.92 Å². The Kier molecular flexibility index (Phi) is 3.61. The molecule has 1 aromatic heterocycles. The molecule has 1 aromatic carbocycles. The number of thiazole rings is 1.